The fraction of sp³-hybridized carbons (Fsp3) is 0.333. The quantitative estimate of drug-likeness (QED) is 0.329. The van der Waals surface area contributed by atoms with E-state index in [1.807, 2.05) is 41.6 Å². The van der Waals surface area contributed by atoms with E-state index >= 15 is 0 Å². The first-order chi connectivity index (χ1) is 15.2. The van der Waals surface area contributed by atoms with Crippen LogP contribution in [0.3, 0.4) is 0 Å². The Bertz CT molecular complexity index is 965. The number of carbonyl (C=O) groups is 1. The fourth-order valence-electron chi connectivity index (χ4n) is 3.88. The average molecular weight is 455 g/mol. The summed E-state index contributed by atoms with van der Waals surface area (Å²) in [7, 11) is 0. The zero-order valence-electron chi connectivity index (χ0n) is 17.5. The second kappa shape index (κ2) is 10.2. The molecule has 0 bridgehead atoms. The standard InChI is InChI=1S/C24H26N2O3S2/c1-31-24(30)26(20-10-6-3-7-11-20)25(15-14-18-8-4-2-5-9-18)23(27)19-12-13-21-22(16-19)29-17-28-21/h3-4,6-8,10-13,16,18H,2,5,9,14-15,17H2,1H3/t18-/m1/s1. The summed E-state index contributed by atoms with van der Waals surface area (Å²) in [4.78, 5) is 13.8. The third-order valence-electron chi connectivity index (χ3n) is 5.51. The summed E-state index contributed by atoms with van der Waals surface area (Å²) >= 11 is 7.15. The molecule has 2 aliphatic rings. The first-order valence-electron chi connectivity index (χ1n) is 10.5. The summed E-state index contributed by atoms with van der Waals surface area (Å²) in [6.45, 7) is 0.745. The van der Waals surface area contributed by atoms with Gasteiger partial charge in [0.25, 0.3) is 5.91 Å². The van der Waals surface area contributed by atoms with Crippen molar-refractivity contribution >= 4 is 39.9 Å². The molecule has 0 fully saturated rings. The van der Waals surface area contributed by atoms with Gasteiger partial charge >= 0.3 is 0 Å². The molecule has 7 heteroatoms. The van der Waals surface area contributed by atoms with E-state index < -0.39 is 0 Å². The van der Waals surface area contributed by atoms with Crippen molar-refractivity contribution < 1.29 is 14.3 Å². The maximum Gasteiger partial charge on any atom is 0.272 e. The topological polar surface area (TPSA) is 42.0 Å². The van der Waals surface area contributed by atoms with Crippen molar-refractivity contribution in [1.82, 2.24) is 5.01 Å². The molecule has 0 unspecified atom stereocenters. The molecule has 2 aromatic carbocycles. The molecule has 0 saturated carbocycles. The Hall–Kier alpha value is -2.51. The van der Waals surface area contributed by atoms with Gasteiger partial charge in [0.05, 0.1) is 5.69 Å². The van der Waals surface area contributed by atoms with Gasteiger partial charge in [0.2, 0.25) is 6.79 Å². The molecule has 0 saturated heterocycles. The van der Waals surface area contributed by atoms with Gasteiger partial charge < -0.3 is 9.47 Å². The van der Waals surface area contributed by atoms with Crippen molar-refractivity contribution in [2.24, 2.45) is 5.92 Å². The van der Waals surface area contributed by atoms with Gasteiger partial charge in [0.1, 0.15) is 0 Å². The van der Waals surface area contributed by atoms with Gasteiger partial charge in [-0.3, -0.25) is 4.79 Å². The van der Waals surface area contributed by atoms with Crippen LogP contribution in [0.25, 0.3) is 0 Å². The number of nitrogens with zero attached hydrogens (tertiary/aromatic N) is 2. The summed E-state index contributed by atoms with van der Waals surface area (Å²) in [6, 6.07) is 15.2. The molecule has 1 heterocycles. The van der Waals surface area contributed by atoms with Crippen molar-refractivity contribution in [2.45, 2.75) is 25.7 Å². The number of fused-ring (bicyclic) bond motifs is 1. The summed E-state index contributed by atoms with van der Waals surface area (Å²) in [5, 5.41) is 3.63. The van der Waals surface area contributed by atoms with Gasteiger partial charge in [-0.2, -0.15) is 0 Å². The van der Waals surface area contributed by atoms with Gasteiger partial charge in [-0.25, -0.2) is 10.0 Å². The molecule has 5 nitrogen and oxygen atoms in total. The second-order valence-corrected chi connectivity index (χ2v) is 8.96. The number of ether oxygens (including phenoxy) is 2. The van der Waals surface area contributed by atoms with E-state index in [0.29, 0.717) is 33.8 Å². The number of amides is 1. The number of hydrazine groups is 1. The fourth-order valence-corrected chi connectivity index (χ4v) is 4.46. The Morgan fingerprint density at radius 3 is 2.71 bits per heavy atom. The Morgan fingerprint density at radius 1 is 1.16 bits per heavy atom. The van der Waals surface area contributed by atoms with Crippen LogP contribution in [0.2, 0.25) is 0 Å². The minimum absolute atomic E-state index is 0.113. The lowest BCUT2D eigenvalue weighted by molar-refractivity contribution is 0.0755. The Labute approximate surface area is 193 Å². The molecule has 31 heavy (non-hydrogen) atoms. The summed E-state index contributed by atoms with van der Waals surface area (Å²) in [5.74, 6) is 1.62. The van der Waals surface area contributed by atoms with E-state index in [1.54, 1.807) is 23.2 Å². The Kier molecular flexibility index (Phi) is 7.14. The number of hydrogen-bond donors (Lipinski definition) is 0. The summed E-state index contributed by atoms with van der Waals surface area (Å²) in [5.41, 5.74) is 1.42. The Balaban J connectivity index is 1.66. The number of para-hydroxylation sites is 1. The van der Waals surface area contributed by atoms with Crippen LogP contribution in [0, 0.1) is 5.92 Å². The van der Waals surface area contributed by atoms with Crippen LogP contribution >= 0.6 is 24.0 Å². The first-order valence-corrected chi connectivity index (χ1v) is 12.1. The monoisotopic (exact) mass is 454 g/mol. The minimum atomic E-state index is -0.113. The highest BCUT2D eigenvalue weighted by Gasteiger charge is 2.28. The molecule has 0 radical (unpaired) electrons. The van der Waals surface area contributed by atoms with Crippen molar-refractivity contribution in [1.29, 1.82) is 0 Å². The third kappa shape index (κ3) is 5.05. The molecular weight excluding hydrogens is 428 g/mol. The average Bonchev–Trinajstić information content (AvgIpc) is 3.30. The third-order valence-corrected chi connectivity index (χ3v) is 6.70. The number of thioether (sulfide) groups is 1. The van der Waals surface area contributed by atoms with Crippen LogP contribution in [0.5, 0.6) is 11.5 Å². The van der Waals surface area contributed by atoms with Crippen LogP contribution < -0.4 is 14.5 Å². The largest absolute Gasteiger partial charge is 0.454 e. The van der Waals surface area contributed by atoms with Gasteiger partial charge in [-0.1, -0.05) is 54.3 Å². The molecule has 162 valence electrons. The predicted molar refractivity (Wildman–Crippen MR) is 130 cm³/mol. The Morgan fingerprint density at radius 2 is 1.97 bits per heavy atom. The predicted octanol–water partition coefficient (Wildman–Crippen LogP) is 5.67. The van der Waals surface area contributed by atoms with E-state index in [9.17, 15) is 4.79 Å². The second-order valence-electron chi connectivity index (χ2n) is 7.52. The molecule has 1 amide bonds. The molecule has 0 spiro atoms. The SMILES string of the molecule is CSC(=S)N(c1ccccc1)N(CC[C@@H]1C=CCCC1)C(=O)c1ccc2c(c1)OCO2. The number of rotatable bonds is 5. The first kappa shape index (κ1) is 21.7. The zero-order chi connectivity index (χ0) is 21.6. The van der Waals surface area contributed by atoms with E-state index in [0.717, 1.165) is 24.9 Å². The highest BCUT2D eigenvalue weighted by molar-refractivity contribution is 8.22. The molecule has 0 aromatic heterocycles. The smallest absolute Gasteiger partial charge is 0.272 e. The van der Waals surface area contributed by atoms with Crippen molar-refractivity contribution in [3.8, 4) is 11.5 Å². The van der Waals surface area contributed by atoms with Crippen LogP contribution in [0.15, 0.2) is 60.7 Å². The molecule has 1 aliphatic carbocycles. The number of carbonyl (C=O) groups excluding carboxylic acids is 1. The lowest BCUT2D eigenvalue weighted by atomic mass is 9.93. The molecule has 4 rings (SSSR count). The molecule has 0 N–H and O–H groups in total. The number of benzene rings is 2. The molecule has 2 aromatic rings. The molecule has 1 atom stereocenters. The summed E-state index contributed by atoms with van der Waals surface area (Å²) in [6.07, 6.45) is 10.8. The van der Waals surface area contributed by atoms with Gasteiger partial charge in [-0.05, 0) is 68.2 Å². The van der Waals surface area contributed by atoms with Crippen molar-refractivity contribution in [2.75, 3.05) is 24.6 Å². The van der Waals surface area contributed by atoms with E-state index in [-0.39, 0.29) is 12.7 Å². The van der Waals surface area contributed by atoms with E-state index in [1.165, 1.54) is 18.2 Å². The van der Waals surface area contributed by atoms with Crippen molar-refractivity contribution in [3.63, 3.8) is 0 Å². The highest BCUT2D eigenvalue weighted by atomic mass is 32.2. The molecule has 1 aliphatic heterocycles. The van der Waals surface area contributed by atoms with Crippen LogP contribution in [0.1, 0.15) is 36.0 Å². The molecular formula is C24H26N2O3S2. The van der Waals surface area contributed by atoms with Gasteiger partial charge in [-0.15, -0.1) is 0 Å². The van der Waals surface area contributed by atoms with Crippen LogP contribution in [-0.4, -0.2) is 34.8 Å². The number of anilines is 1. The lowest BCUT2D eigenvalue weighted by Crippen LogP contribution is -2.49. The van der Waals surface area contributed by atoms with Gasteiger partial charge in [0, 0.05) is 12.1 Å². The zero-order valence-corrected chi connectivity index (χ0v) is 19.2. The summed E-state index contributed by atoms with van der Waals surface area (Å²) < 4.78 is 11.5. The number of hydrogen-bond acceptors (Lipinski definition) is 5. The lowest BCUT2D eigenvalue weighted by Gasteiger charge is -2.37. The number of thiocarbonyl (C=S) groups is 1. The number of allylic oxidation sites excluding steroid dienone is 2. The van der Waals surface area contributed by atoms with E-state index in [4.69, 9.17) is 21.7 Å². The van der Waals surface area contributed by atoms with Gasteiger partial charge in [0.15, 0.2) is 15.8 Å². The van der Waals surface area contributed by atoms with Crippen LogP contribution in [0.4, 0.5) is 5.69 Å². The van der Waals surface area contributed by atoms with Crippen molar-refractivity contribution in [3.05, 3.63) is 66.2 Å². The normalized spacial score (nSPS) is 16.7. The maximum atomic E-state index is 13.8. The maximum absolute atomic E-state index is 13.8. The van der Waals surface area contributed by atoms with Crippen LogP contribution in [-0.2, 0) is 0 Å². The minimum Gasteiger partial charge on any atom is -0.454 e. The van der Waals surface area contributed by atoms with E-state index in [2.05, 4.69) is 12.2 Å². The highest BCUT2D eigenvalue weighted by Crippen LogP contribution is 2.33.